The summed E-state index contributed by atoms with van der Waals surface area (Å²) in [6, 6.07) is 0. The van der Waals surface area contributed by atoms with Crippen LogP contribution in [0, 0.1) is 23.7 Å². The number of likely N-dealkylation sites (tertiary alicyclic amines) is 2. The first kappa shape index (κ1) is 24.6. The third-order valence-electron chi connectivity index (χ3n) is 5.16. The molecule has 0 aliphatic carbocycles. The summed E-state index contributed by atoms with van der Waals surface area (Å²) >= 11 is 0. The molecule has 2 aliphatic heterocycles. The van der Waals surface area contributed by atoms with Gasteiger partial charge in [-0.1, -0.05) is 41.5 Å². The topological polar surface area (TPSA) is 59.1 Å². The van der Waals surface area contributed by atoms with E-state index in [1.807, 2.05) is 37.5 Å². The van der Waals surface area contributed by atoms with Crippen molar-refractivity contribution in [2.45, 2.75) is 67.2 Å². The summed E-state index contributed by atoms with van der Waals surface area (Å²) in [4.78, 5) is 26.7. The van der Waals surface area contributed by atoms with Gasteiger partial charge in [-0.2, -0.15) is 0 Å². The Morgan fingerprint density at radius 2 is 1.00 bits per heavy atom. The van der Waals surface area contributed by atoms with Crippen LogP contribution in [0.4, 0.5) is 9.59 Å². The Kier molecular flexibility index (Phi) is 11.3. The summed E-state index contributed by atoms with van der Waals surface area (Å²) in [5, 5.41) is 0. The molecule has 0 radical (unpaired) electrons. The average molecular weight is 399 g/mol. The third-order valence-corrected chi connectivity index (χ3v) is 5.16. The maximum absolute atomic E-state index is 11.5. The van der Waals surface area contributed by atoms with Crippen LogP contribution < -0.4 is 0 Å². The highest BCUT2D eigenvalue weighted by atomic mass is 16.6. The number of nitrogens with zero attached hydrogens (tertiary/aromatic N) is 2. The molecule has 2 amide bonds. The smallest absolute Gasteiger partial charge is 0.409 e. The van der Waals surface area contributed by atoms with Gasteiger partial charge in [0.2, 0.25) is 0 Å². The Morgan fingerprint density at radius 1 is 0.714 bits per heavy atom. The van der Waals surface area contributed by atoms with Crippen LogP contribution in [0.15, 0.2) is 0 Å². The maximum atomic E-state index is 11.5. The largest absolute Gasteiger partial charge is 0.449 e. The first-order valence-electron chi connectivity index (χ1n) is 11.0. The van der Waals surface area contributed by atoms with Gasteiger partial charge in [-0.15, -0.1) is 0 Å². The van der Waals surface area contributed by atoms with E-state index in [2.05, 4.69) is 13.8 Å². The van der Waals surface area contributed by atoms with E-state index in [0.717, 1.165) is 63.7 Å². The predicted octanol–water partition coefficient (Wildman–Crippen LogP) is 5.02. The quantitative estimate of drug-likeness (QED) is 0.667. The van der Waals surface area contributed by atoms with E-state index in [-0.39, 0.29) is 12.2 Å². The minimum absolute atomic E-state index is 0.134. The van der Waals surface area contributed by atoms with Crippen LogP contribution in [0.1, 0.15) is 67.2 Å². The molecule has 0 spiro atoms. The second-order valence-electron chi connectivity index (χ2n) is 9.28. The zero-order valence-corrected chi connectivity index (χ0v) is 18.9. The molecule has 2 rings (SSSR count). The summed E-state index contributed by atoms with van der Waals surface area (Å²) in [6.45, 7) is 17.2. The number of amides is 2. The van der Waals surface area contributed by atoms with Gasteiger partial charge in [-0.25, -0.2) is 9.59 Å². The van der Waals surface area contributed by atoms with Crippen molar-refractivity contribution in [3.8, 4) is 0 Å². The number of carbonyl (C=O) groups is 2. The molecule has 0 N–H and O–H groups in total. The van der Waals surface area contributed by atoms with E-state index in [4.69, 9.17) is 9.47 Å². The van der Waals surface area contributed by atoms with Crippen molar-refractivity contribution in [2.24, 2.45) is 23.7 Å². The maximum Gasteiger partial charge on any atom is 0.409 e. The van der Waals surface area contributed by atoms with Crippen LogP contribution in [0.5, 0.6) is 0 Å². The molecule has 6 nitrogen and oxygen atoms in total. The number of hydrogen-bond donors (Lipinski definition) is 0. The Bertz CT molecular complexity index is 409. The molecule has 2 aliphatic rings. The van der Waals surface area contributed by atoms with Gasteiger partial charge >= 0.3 is 12.2 Å². The van der Waals surface area contributed by atoms with E-state index in [1.54, 1.807) is 0 Å². The summed E-state index contributed by atoms with van der Waals surface area (Å²) in [5.41, 5.74) is 0. The van der Waals surface area contributed by atoms with Gasteiger partial charge in [0.05, 0.1) is 13.2 Å². The highest BCUT2D eigenvalue weighted by molar-refractivity contribution is 5.68. The third kappa shape index (κ3) is 10.2. The first-order chi connectivity index (χ1) is 13.2. The van der Waals surface area contributed by atoms with Crippen molar-refractivity contribution in [3.63, 3.8) is 0 Å². The van der Waals surface area contributed by atoms with E-state index in [0.29, 0.717) is 25.0 Å². The van der Waals surface area contributed by atoms with E-state index in [1.165, 1.54) is 0 Å². The molecule has 0 aromatic carbocycles. The van der Waals surface area contributed by atoms with Crippen molar-refractivity contribution >= 4 is 12.2 Å². The minimum atomic E-state index is -0.134. The highest BCUT2D eigenvalue weighted by Crippen LogP contribution is 2.17. The zero-order valence-electron chi connectivity index (χ0n) is 18.9. The molecule has 2 fully saturated rings. The lowest BCUT2D eigenvalue weighted by Crippen LogP contribution is -2.38. The van der Waals surface area contributed by atoms with Gasteiger partial charge in [-0.05, 0) is 49.4 Å². The minimum Gasteiger partial charge on any atom is -0.449 e. The monoisotopic (exact) mass is 398 g/mol. The molecule has 0 bridgehead atoms. The van der Waals surface area contributed by atoms with Crippen LogP contribution in [-0.4, -0.2) is 61.4 Å². The summed E-state index contributed by atoms with van der Waals surface area (Å²) < 4.78 is 10.3. The van der Waals surface area contributed by atoms with Crippen molar-refractivity contribution in [1.82, 2.24) is 9.80 Å². The van der Waals surface area contributed by atoms with Gasteiger partial charge in [0, 0.05) is 26.2 Å². The number of carbonyl (C=O) groups excluding carboxylic acids is 2. The van der Waals surface area contributed by atoms with E-state index in [9.17, 15) is 9.59 Å². The van der Waals surface area contributed by atoms with E-state index < -0.39 is 0 Å². The Hall–Kier alpha value is -1.46. The molecular formula is C22H42N2O4. The predicted molar refractivity (Wildman–Crippen MR) is 112 cm³/mol. The summed E-state index contributed by atoms with van der Waals surface area (Å²) in [5.74, 6) is 2.35. The van der Waals surface area contributed by atoms with Crippen LogP contribution in [0.2, 0.25) is 0 Å². The average Bonchev–Trinajstić information content (AvgIpc) is 2.65. The zero-order chi connectivity index (χ0) is 21.1. The van der Waals surface area contributed by atoms with Crippen LogP contribution >= 0.6 is 0 Å². The highest BCUT2D eigenvalue weighted by Gasteiger charge is 2.22. The molecule has 0 unspecified atom stereocenters. The lowest BCUT2D eigenvalue weighted by Gasteiger charge is -2.29. The molecule has 164 valence electrons. The van der Waals surface area contributed by atoms with Crippen molar-refractivity contribution in [2.75, 3.05) is 39.4 Å². The van der Waals surface area contributed by atoms with Crippen molar-refractivity contribution in [3.05, 3.63) is 0 Å². The number of rotatable bonds is 4. The lowest BCUT2D eigenvalue weighted by molar-refractivity contribution is 0.0797. The lowest BCUT2D eigenvalue weighted by atomic mass is 10.00. The fourth-order valence-corrected chi connectivity index (χ4v) is 3.04. The molecule has 6 heteroatoms. The Labute approximate surface area is 171 Å². The molecule has 0 saturated carbocycles. The van der Waals surface area contributed by atoms with Crippen LogP contribution in [0.25, 0.3) is 0 Å². The standard InChI is InChI=1S/2C11H21NO2/c2*1-9(2)8-14-11(13)12-6-4-10(3)5-7-12/h2*9-10H,4-8H2,1-3H3. The number of hydrogen-bond acceptors (Lipinski definition) is 4. The van der Waals surface area contributed by atoms with Gasteiger partial charge in [0.1, 0.15) is 0 Å². The molecular weight excluding hydrogens is 356 g/mol. The van der Waals surface area contributed by atoms with Crippen molar-refractivity contribution in [1.29, 1.82) is 0 Å². The van der Waals surface area contributed by atoms with Gasteiger partial charge in [-0.3, -0.25) is 0 Å². The number of piperidine rings is 2. The van der Waals surface area contributed by atoms with Crippen LogP contribution in [-0.2, 0) is 9.47 Å². The summed E-state index contributed by atoms with van der Waals surface area (Å²) in [7, 11) is 0. The van der Waals surface area contributed by atoms with Crippen LogP contribution in [0.3, 0.4) is 0 Å². The van der Waals surface area contributed by atoms with Gasteiger partial charge in [0.25, 0.3) is 0 Å². The molecule has 0 atom stereocenters. The molecule has 0 aromatic heterocycles. The molecule has 2 heterocycles. The molecule has 0 aromatic rings. The normalized spacial score (nSPS) is 18.7. The fourth-order valence-electron chi connectivity index (χ4n) is 3.04. The Morgan fingerprint density at radius 3 is 1.25 bits per heavy atom. The SMILES string of the molecule is CC(C)COC(=O)N1CCC(C)CC1.CC(C)COC(=O)N1CCC(C)CC1. The van der Waals surface area contributed by atoms with E-state index >= 15 is 0 Å². The second-order valence-corrected chi connectivity index (χ2v) is 9.28. The van der Waals surface area contributed by atoms with Gasteiger partial charge < -0.3 is 19.3 Å². The summed E-state index contributed by atoms with van der Waals surface area (Å²) in [6.07, 6.45) is 4.16. The Balaban J connectivity index is 0.000000280. The molecule has 28 heavy (non-hydrogen) atoms. The fraction of sp³-hybridized carbons (Fsp3) is 0.909. The molecule has 2 saturated heterocycles. The number of ether oxygens (including phenoxy) is 2. The second kappa shape index (κ2) is 12.9. The first-order valence-corrected chi connectivity index (χ1v) is 11.0. The van der Waals surface area contributed by atoms with Crippen molar-refractivity contribution < 1.29 is 19.1 Å². The van der Waals surface area contributed by atoms with Gasteiger partial charge in [0.15, 0.2) is 0 Å².